The molecule has 0 radical (unpaired) electrons. The van der Waals surface area contributed by atoms with Crippen LogP contribution in [0.1, 0.15) is 45.7 Å². The number of fused-ring (bicyclic) bond motifs is 1. The van der Waals surface area contributed by atoms with Gasteiger partial charge in [0.25, 0.3) is 5.91 Å². The Kier molecular flexibility index (Phi) is 6.50. The number of halogens is 1. The normalized spacial score (nSPS) is 15.8. The highest BCUT2D eigenvalue weighted by molar-refractivity contribution is 7.13. The Balaban J connectivity index is 1.41. The van der Waals surface area contributed by atoms with Crippen LogP contribution in [-0.4, -0.2) is 33.6 Å². The highest BCUT2D eigenvalue weighted by Gasteiger charge is 2.25. The maximum absolute atomic E-state index is 13.0. The number of carbonyl (C=O) groups is 1. The van der Waals surface area contributed by atoms with Gasteiger partial charge in [-0.25, -0.2) is 4.39 Å². The van der Waals surface area contributed by atoms with Crippen molar-refractivity contribution in [1.29, 1.82) is 0 Å². The van der Waals surface area contributed by atoms with E-state index >= 15 is 0 Å². The Morgan fingerprint density at radius 1 is 1.17 bits per heavy atom. The summed E-state index contributed by atoms with van der Waals surface area (Å²) in [5.41, 5.74) is 3.43. The molecule has 1 atom stereocenters. The zero-order valence-corrected chi connectivity index (χ0v) is 17.8. The summed E-state index contributed by atoms with van der Waals surface area (Å²) in [7, 11) is 0. The fraction of sp³-hybridized carbons (Fsp3) is 0.348. The Morgan fingerprint density at radius 2 is 1.93 bits per heavy atom. The van der Waals surface area contributed by atoms with Crippen molar-refractivity contribution in [3.05, 3.63) is 75.5 Å². The second-order valence-corrected chi connectivity index (χ2v) is 8.66. The summed E-state index contributed by atoms with van der Waals surface area (Å²) in [4.78, 5) is 14.9. The quantitative estimate of drug-likeness (QED) is 0.597. The maximum atomic E-state index is 13.0. The third-order valence-corrected chi connectivity index (χ3v) is 6.36. The molecule has 1 aliphatic carbocycles. The summed E-state index contributed by atoms with van der Waals surface area (Å²) in [6, 6.07) is 14.8. The minimum atomic E-state index is -0.340. The molecule has 30 heavy (non-hydrogen) atoms. The summed E-state index contributed by atoms with van der Waals surface area (Å²) in [6.07, 6.45) is 4.35. The van der Waals surface area contributed by atoms with Gasteiger partial charge in [-0.1, -0.05) is 42.5 Å². The van der Waals surface area contributed by atoms with Gasteiger partial charge in [-0.2, -0.15) is 0 Å². The van der Waals surface area contributed by atoms with Crippen molar-refractivity contribution in [2.24, 2.45) is 0 Å². The number of hydrogen-bond donors (Lipinski definition) is 1. The molecule has 0 saturated carbocycles. The first-order valence-electron chi connectivity index (χ1n) is 10.3. The first-order chi connectivity index (χ1) is 14.6. The zero-order valence-electron chi connectivity index (χ0n) is 17.0. The second-order valence-electron chi connectivity index (χ2n) is 7.60. The number of aromatic nitrogens is 2. The Bertz CT molecular complexity index is 1000. The lowest BCUT2D eigenvalue weighted by atomic mass is 9.87. The first-order valence-corrected chi connectivity index (χ1v) is 11.1. The van der Waals surface area contributed by atoms with Gasteiger partial charge >= 0.3 is 0 Å². The van der Waals surface area contributed by atoms with E-state index in [1.807, 2.05) is 0 Å². The number of hydrogen-bond acceptors (Lipinski definition) is 5. The fourth-order valence-corrected chi connectivity index (χ4v) is 4.73. The smallest absolute Gasteiger partial charge is 0.286 e. The van der Waals surface area contributed by atoms with E-state index in [2.05, 4.69) is 51.6 Å². The molecular formula is C23H25FN4OS. The molecule has 0 bridgehead atoms. The summed E-state index contributed by atoms with van der Waals surface area (Å²) < 4.78 is 13.0. The predicted octanol–water partition coefficient (Wildman–Crippen LogP) is 4.70. The predicted molar refractivity (Wildman–Crippen MR) is 117 cm³/mol. The van der Waals surface area contributed by atoms with Crippen LogP contribution in [0.25, 0.3) is 0 Å². The number of anilines is 1. The molecule has 4 rings (SSSR count). The lowest BCUT2D eigenvalue weighted by Gasteiger charge is -2.34. The van der Waals surface area contributed by atoms with E-state index in [1.54, 1.807) is 0 Å². The van der Waals surface area contributed by atoms with Gasteiger partial charge in [0.2, 0.25) is 5.01 Å². The third-order valence-electron chi connectivity index (χ3n) is 5.45. The lowest BCUT2D eigenvalue weighted by Crippen LogP contribution is -2.39. The molecule has 1 aromatic heterocycles. The van der Waals surface area contributed by atoms with Crippen LogP contribution in [0.4, 0.5) is 10.1 Å². The monoisotopic (exact) mass is 424 g/mol. The SMILES string of the molecule is CCCN(Cc1nnc(C(=O)Nc2ccc(F)cc2)s1)C1CCc2ccccc2C1. The van der Waals surface area contributed by atoms with Gasteiger partial charge in [-0.15, -0.1) is 10.2 Å². The van der Waals surface area contributed by atoms with Gasteiger partial charge in [0, 0.05) is 11.7 Å². The summed E-state index contributed by atoms with van der Waals surface area (Å²) >= 11 is 1.32. The van der Waals surface area contributed by atoms with Crippen molar-refractivity contribution in [2.45, 2.75) is 45.2 Å². The number of nitrogens with one attached hydrogen (secondary N) is 1. The fourth-order valence-electron chi connectivity index (χ4n) is 3.97. The minimum Gasteiger partial charge on any atom is -0.320 e. The molecule has 1 N–H and O–H groups in total. The van der Waals surface area contributed by atoms with Crippen LogP contribution >= 0.6 is 11.3 Å². The summed E-state index contributed by atoms with van der Waals surface area (Å²) in [6.45, 7) is 3.87. The highest BCUT2D eigenvalue weighted by Crippen LogP contribution is 2.26. The Hall–Kier alpha value is -2.64. The highest BCUT2D eigenvalue weighted by atomic mass is 32.1. The van der Waals surface area contributed by atoms with Gasteiger partial charge in [-0.05, 0) is 67.6 Å². The Morgan fingerprint density at radius 3 is 2.70 bits per heavy atom. The van der Waals surface area contributed by atoms with E-state index in [1.165, 1.54) is 46.7 Å². The van der Waals surface area contributed by atoms with Crippen LogP contribution in [0, 0.1) is 5.82 Å². The van der Waals surface area contributed by atoms with Crippen molar-refractivity contribution in [3.63, 3.8) is 0 Å². The molecule has 156 valence electrons. The van der Waals surface area contributed by atoms with E-state index in [0.29, 0.717) is 23.3 Å². The van der Waals surface area contributed by atoms with Crippen molar-refractivity contribution < 1.29 is 9.18 Å². The average molecular weight is 425 g/mol. The van der Waals surface area contributed by atoms with Crippen molar-refractivity contribution in [2.75, 3.05) is 11.9 Å². The van der Waals surface area contributed by atoms with Crippen molar-refractivity contribution in [3.8, 4) is 0 Å². The van der Waals surface area contributed by atoms with E-state index in [9.17, 15) is 9.18 Å². The number of benzene rings is 2. The number of aryl methyl sites for hydroxylation is 1. The number of nitrogens with zero attached hydrogens (tertiary/aromatic N) is 3. The molecule has 0 spiro atoms. The molecule has 2 aromatic carbocycles. The van der Waals surface area contributed by atoms with Crippen LogP contribution in [0.2, 0.25) is 0 Å². The second kappa shape index (κ2) is 9.45. The largest absolute Gasteiger partial charge is 0.320 e. The summed E-state index contributed by atoms with van der Waals surface area (Å²) in [5.74, 6) is -0.661. The third kappa shape index (κ3) is 4.91. The molecule has 0 fully saturated rings. The van der Waals surface area contributed by atoms with Gasteiger partial charge in [-0.3, -0.25) is 9.69 Å². The molecule has 7 heteroatoms. The zero-order chi connectivity index (χ0) is 20.9. The first kappa shape index (κ1) is 20.6. The molecule has 0 saturated heterocycles. The standard InChI is InChI=1S/C23H25FN4OS/c1-2-13-28(20-12-7-16-5-3-4-6-17(16)14-20)15-21-26-27-23(30-21)22(29)25-19-10-8-18(24)9-11-19/h3-6,8-11,20H,2,7,12-15H2,1H3,(H,25,29). The van der Waals surface area contributed by atoms with Crippen LogP contribution < -0.4 is 5.32 Å². The van der Waals surface area contributed by atoms with Gasteiger partial charge in [0.15, 0.2) is 0 Å². The molecule has 0 aliphatic heterocycles. The van der Waals surface area contributed by atoms with E-state index in [-0.39, 0.29) is 11.7 Å². The maximum Gasteiger partial charge on any atom is 0.286 e. The van der Waals surface area contributed by atoms with E-state index in [4.69, 9.17) is 0 Å². The van der Waals surface area contributed by atoms with Crippen molar-refractivity contribution >= 4 is 22.9 Å². The lowest BCUT2D eigenvalue weighted by molar-refractivity contribution is 0.102. The number of rotatable bonds is 7. The van der Waals surface area contributed by atoms with Gasteiger partial charge < -0.3 is 5.32 Å². The van der Waals surface area contributed by atoms with Gasteiger partial charge in [0.05, 0.1) is 6.54 Å². The number of carbonyl (C=O) groups excluding carboxylic acids is 1. The van der Waals surface area contributed by atoms with E-state index < -0.39 is 0 Å². The van der Waals surface area contributed by atoms with Crippen LogP contribution in [0.5, 0.6) is 0 Å². The van der Waals surface area contributed by atoms with Crippen molar-refractivity contribution in [1.82, 2.24) is 15.1 Å². The summed E-state index contributed by atoms with van der Waals surface area (Å²) in [5, 5.41) is 12.2. The Labute approximate surface area is 180 Å². The molecule has 1 heterocycles. The van der Waals surface area contributed by atoms with Crippen LogP contribution in [0.3, 0.4) is 0 Å². The van der Waals surface area contributed by atoms with Gasteiger partial charge in [0.1, 0.15) is 10.8 Å². The van der Waals surface area contributed by atoms with Crippen LogP contribution in [-0.2, 0) is 19.4 Å². The minimum absolute atomic E-state index is 0.319. The molecule has 1 aliphatic rings. The molecule has 5 nitrogen and oxygen atoms in total. The van der Waals surface area contributed by atoms with E-state index in [0.717, 1.165) is 37.2 Å². The molecular weight excluding hydrogens is 399 g/mol. The molecule has 1 amide bonds. The number of amides is 1. The molecule has 3 aromatic rings. The molecule has 1 unspecified atom stereocenters. The average Bonchev–Trinajstić information content (AvgIpc) is 3.23. The topological polar surface area (TPSA) is 58.1 Å². The van der Waals surface area contributed by atoms with Crippen LogP contribution in [0.15, 0.2) is 48.5 Å².